The molecule has 2 rings (SSSR count). The lowest BCUT2D eigenvalue weighted by Gasteiger charge is -2.31. The Morgan fingerprint density at radius 3 is 2.41 bits per heavy atom. The van der Waals surface area contributed by atoms with Crippen molar-refractivity contribution < 1.29 is 27.5 Å². The van der Waals surface area contributed by atoms with Gasteiger partial charge in [-0.05, 0) is 38.8 Å². The third-order valence-corrected chi connectivity index (χ3v) is 6.79. The van der Waals surface area contributed by atoms with Crippen molar-refractivity contribution in [1.29, 1.82) is 0 Å². The summed E-state index contributed by atoms with van der Waals surface area (Å²) in [6.45, 7) is 4.16. The summed E-state index contributed by atoms with van der Waals surface area (Å²) in [6.07, 6.45) is 0.654. The zero-order chi connectivity index (χ0) is 21.6. The number of likely N-dealkylation sites (N-methyl/N-ethyl adjacent to an activating group) is 1. The summed E-state index contributed by atoms with van der Waals surface area (Å²) in [7, 11) is -2.71. The molecule has 10 heteroatoms. The predicted octanol–water partition coefficient (Wildman–Crippen LogP) is 0.515. The van der Waals surface area contributed by atoms with E-state index in [-0.39, 0.29) is 41.3 Å². The first kappa shape index (κ1) is 22.8. The Bertz CT molecular complexity index is 862. The van der Waals surface area contributed by atoms with Crippen LogP contribution in [0.4, 0.5) is 0 Å². The van der Waals surface area contributed by atoms with Crippen LogP contribution in [-0.2, 0) is 24.3 Å². The molecular formula is C19H27N3O6S. The van der Waals surface area contributed by atoms with Crippen LogP contribution in [0.25, 0.3) is 0 Å². The van der Waals surface area contributed by atoms with Gasteiger partial charge in [-0.2, -0.15) is 4.31 Å². The highest BCUT2D eigenvalue weighted by atomic mass is 32.2. The Morgan fingerprint density at radius 1 is 1.21 bits per heavy atom. The molecule has 1 atom stereocenters. The van der Waals surface area contributed by atoms with Crippen LogP contribution >= 0.6 is 0 Å². The van der Waals surface area contributed by atoms with Gasteiger partial charge in [-0.25, -0.2) is 13.2 Å². The number of benzene rings is 1. The lowest BCUT2D eigenvalue weighted by atomic mass is 9.97. The maximum Gasteiger partial charge on any atom is 0.339 e. The van der Waals surface area contributed by atoms with Crippen LogP contribution in [0, 0.1) is 5.92 Å². The van der Waals surface area contributed by atoms with E-state index in [9.17, 15) is 22.8 Å². The molecule has 29 heavy (non-hydrogen) atoms. The fourth-order valence-electron chi connectivity index (χ4n) is 3.19. The molecule has 2 amide bonds. The summed E-state index contributed by atoms with van der Waals surface area (Å²) in [4.78, 5) is 36.0. The lowest BCUT2D eigenvalue weighted by Crippen LogP contribution is -2.49. The fourth-order valence-corrected chi connectivity index (χ4v) is 4.84. The van der Waals surface area contributed by atoms with Crippen LogP contribution in [0.3, 0.4) is 0 Å². The molecule has 1 aromatic rings. The van der Waals surface area contributed by atoms with Gasteiger partial charge in [0.25, 0.3) is 0 Å². The topological polar surface area (TPSA) is 122 Å². The molecule has 1 heterocycles. The summed E-state index contributed by atoms with van der Waals surface area (Å²) in [6, 6.07) is 5.23. The number of methoxy groups -OCH3 is 1. The maximum atomic E-state index is 13.0. The van der Waals surface area contributed by atoms with E-state index in [1.165, 1.54) is 23.5 Å². The highest BCUT2D eigenvalue weighted by Gasteiger charge is 2.34. The Hall–Kier alpha value is -2.46. The molecule has 0 radical (unpaired) electrons. The zero-order valence-corrected chi connectivity index (χ0v) is 17.6. The molecule has 2 N–H and O–H groups in total. The van der Waals surface area contributed by atoms with Crippen molar-refractivity contribution >= 4 is 27.8 Å². The molecule has 0 aliphatic carbocycles. The van der Waals surface area contributed by atoms with Crippen molar-refractivity contribution in [1.82, 2.24) is 14.9 Å². The van der Waals surface area contributed by atoms with Gasteiger partial charge in [0.2, 0.25) is 21.8 Å². The Morgan fingerprint density at radius 2 is 1.83 bits per heavy atom. The number of nitrogens with zero attached hydrogens (tertiary/aromatic N) is 1. The first-order valence-electron chi connectivity index (χ1n) is 9.48. The summed E-state index contributed by atoms with van der Waals surface area (Å²) in [5.74, 6) is -1.64. The summed E-state index contributed by atoms with van der Waals surface area (Å²) in [5, 5.41) is 5.31. The number of rotatable bonds is 7. The van der Waals surface area contributed by atoms with E-state index >= 15 is 0 Å². The third kappa shape index (κ3) is 5.33. The molecule has 1 aliphatic heterocycles. The highest BCUT2D eigenvalue weighted by Crippen LogP contribution is 2.26. The molecule has 1 aliphatic rings. The molecule has 1 fully saturated rings. The lowest BCUT2D eigenvalue weighted by molar-refractivity contribution is -0.131. The maximum absolute atomic E-state index is 13.0. The minimum Gasteiger partial charge on any atom is -0.465 e. The van der Waals surface area contributed by atoms with E-state index in [0.717, 1.165) is 0 Å². The smallest absolute Gasteiger partial charge is 0.339 e. The number of piperidine rings is 1. The number of sulfonamides is 1. The molecule has 160 valence electrons. The molecular weight excluding hydrogens is 398 g/mol. The largest absolute Gasteiger partial charge is 0.465 e. The first-order valence-corrected chi connectivity index (χ1v) is 10.9. The third-order valence-electron chi connectivity index (χ3n) is 4.84. The van der Waals surface area contributed by atoms with Crippen molar-refractivity contribution in [3.63, 3.8) is 0 Å². The number of amides is 2. The van der Waals surface area contributed by atoms with Crippen LogP contribution in [0.15, 0.2) is 29.2 Å². The number of carbonyl (C=O) groups excluding carboxylic acids is 3. The zero-order valence-electron chi connectivity index (χ0n) is 16.8. The minimum absolute atomic E-state index is 0.0226. The van der Waals surface area contributed by atoms with E-state index in [4.69, 9.17) is 0 Å². The van der Waals surface area contributed by atoms with Crippen LogP contribution in [-0.4, -0.2) is 63.3 Å². The second kappa shape index (κ2) is 9.84. The van der Waals surface area contributed by atoms with E-state index < -0.39 is 22.0 Å². The van der Waals surface area contributed by atoms with Gasteiger partial charge in [-0.1, -0.05) is 12.1 Å². The number of ether oxygens (including phenoxy) is 1. The van der Waals surface area contributed by atoms with Crippen molar-refractivity contribution in [2.24, 2.45) is 5.92 Å². The van der Waals surface area contributed by atoms with Crippen LogP contribution in [0.2, 0.25) is 0 Å². The fraction of sp³-hybridized carbons (Fsp3) is 0.526. The molecule has 0 unspecified atom stereocenters. The average molecular weight is 426 g/mol. The van der Waals surface area contributed by atoms with Crippen LogP contribution in [0.1, 0.15) is 37.0 Å². The molecule has 0 spiro atoms. The Balaban J connectivity index is 2.04. The number of esters is 1. The van der Waals surface area contributed by atoms with Gasteiger partial charge >= 0.3 is 5.97 Å². The molecule has 0 aromatic heterocycles. The van der Waals surface area contributed by atoms with Gasteiger partial charge in [-0.15, -0.1) is 0 Å². The van der Waals surface area contributed by atoms with Crippen molar-refractivity contribution in [2.45, 2.75) is 37.6 Å². The van der Waals surface area contributed by atoms with Gasteiger partial charge in [0, 0.05) is 25.6 Å². The molecule has 0 bridgehead atoms. The summed E-state index contributed by atoms with van der Waals surface area (Å²) in [5.41, 5.74) is -0.0226. The van der Waals surface area contributed by atoms with Crippen LogP contribution < -0.4 is 10.6 Å². The first-order chi connectivity index (χ1) is 13.7. The normalized spacial score (nSPS) is 16.7. The Kier molecular flexibility index (Phi) is 7.74. The molecule has 9 nitrogen and oxygen atoms in total. The molecule has 0 saturated carbocycles. The van der Waals surface area contributed by atoms with Crippen molar-refractivity contribution in [2.75, 3.05) is 26.7 Å². The highest BCUT2D eigenvalue weighted by molar-refractivity contribution is 7.89. The summed E-state index contributed by atoms with van der Waals surface area (Å²) < 4.78 is 32.0. The SMILES string of the molecule is CCNC(=O)[C@H](C)NC(=O)C1CCN(S(=O)(=O)c2ccccc2C(=O)OC)CC1. The van der Waals surface area contributed by atoms with Gasteiger partial charge in [-0.3, -0.25) is 9.59 Å². The van der Waals surface area contributed by atoms with Crippen molar-refractivity contribution in [3.8, 4) is 0 Å². The number of hydrogen-bond donors (Lipinski definition) is 2. The van der Waals surface area contributed by atoms with Gasteiger partial charge in [0.05, 0.1) is 17.6 Å². The minimum atomic E-state index is -3.90. The standard InChI is InChI=1S/C19H27N3O6S/c1-4-20-17(23)13(2)21-18(24)14-9-11-22(12-10-14)29(26,27)16-8-6-5-7-15(16)19(25)28-3/h5-8,13-14H,4,9-12H2,1-3H3,(H,20,23)(H,21,24)/t13-/m0/s1. The molecule has 1 saturated heterocycles. The van der Waals surface area contributed by atoms with Gasteiger partial charge < -0.3 is 15.4 Å². The van der Waals surface area contributed by atoms with Gasteiger partial charge in [0.1, 0.15) is 6.04 Å². The van der Waals surface area contributed by atoms with Crippen LogP contribution in [0.5, 0.6) is 0 Å². The second-order valence-corrected chi connectivity index (χ2v) is 8.70. The van der Waals surface area contributed by atoms with E-state index in [2.05, 4.69) is 15.4 Å². The Labute approximate surface area is 170 Å². The van der Waals surface area contributed by atoms with Gasteiger partial charge in [0.15, 0.2) is 0 Å². The van der Waals surface area contributed by atoms with E-state index in [1.807, 2.05) is 0 Å². The number of carbonyl (C=O) groups is 3. The monoisotopic (exact) mass is 425 g/mol. The second-order valence-electron chi connectivity index (χ2n) is 6.79. The van der Waals surface area contributed by atoms with E-state index in [0.29, 0.717) is 19.4 Å². The number of hydrogen-bond acceptors (Lipinski definition) is 6. The quantitative estimate of drug-likeness (QED) is 0.614. The number of nitrogens with one attached hydrogen (secondary N) is 2. The molecule has 1 aromatic carbocycles. The summed E-state index contributed by atoms with van der Waals surface area (Å²) >= 11 is 0. The van der Waals surface area contributed by atoms with E-state index in [1.54, 1.807) is 26.0 Å². The average Bonchev–Trinajstić information content (AvgIpc) is 2.73. The van der Waals surface area contributed by atoms with Crippen molar-refractivity contribution in [3.05, 3.63) is 29.8 Å². The predicted molar refractivity (Wildman–Crippen MR) is 106 cm³/mol.